The van der Waals surface area contributed by atoms with Crippen LogP contribution in [0.15, 0.2) is 66.7 Å². The molecule has 0 unspecified atom stereocenters. The maximum atomic E-state index is 12.5. The van der Waals surface area contributed by atoms with Crippen molar-refractivity contribution in [3.05, 3.63) is 83.7 Å². The number of hydrogen-bond donors (Lipinski definition) is 1. The Morgan fingerprint density at radius 1 is 0.900 bits per heavy atom. The Morgan fingerprint density at radius 3 is 2.48 bits per heavy atom. The summed E-state index contributed by atoms with van der Waals surface area (Å²) < 4.78 is 19.1. The molecule has 3 aromatic carbocycles. The lowest BCUT2D eigenvalue weighted by Gasteiger charge is -2.14. The first kappa shape index (κ1) is 29.0. The lowest BCUT2D eigenvalue weighted by molar-refractivity contribution is -0.120. The molecule has 4 aromatic rings. The number of rotatable bonds is 15. The third-order valence-electron chi connectivity index (χ3n) is 7.02. The number of methoxy groups -OCH3 is 2. The second-order valence-corrected chi connectivity index (χ2v) is 10.2. The van der Waals surface area contributed by atoms with Gasteiger partial charge in [0, 0.05) is 19.5 Å². The van der Waals surface area contributed by atoms with E-state index in [1.165, 1.54) is 5.56 Å². The van der Waals surface area contributed by atoms with Crippen molar-refractivity contribution in [1.82, 2.24) is 14.9 Å². The quantitative estimate of drug-likeness (QED) is 0.177. The van der Waals surface area contributed by atoms with Crippen LogP contribution in [-0.4, -0.2) is 42.8 Å². The molecule has 7 nitrogen and oxygen atoms in total. The molecule has 212 valence electrons. The molecule has 1 aromatic heterocycles. The Balaban J connectivity index is 1.27. The van der Waals surface area contributed by atoms with Gasteiger partial charge >= 0.3 is 0 Å². The van der Waals surface area contributed by atoms with Crippen LogP contribution < -0.4 is 19.5 Å². The van der Waals surface area contributed by atoms with E-state index in [0.29, 0.717) is 37.0 Å². The summed E-state index contributed by atoms with van der Waals surface area (Å²) in [5.74, 6) is 3.74. The molecule has 0 aliphatic rings. The largest absolute Gasteiger partial charge is 0.493 e. The van der Waals surface area contributed by atoms with Crippen LogP contribution in [0.5, 0.6) is 17.2 Å². The Morgan fingerprint density at radius 2 is 1.68 bits per heavy atom. The third kappa shape index (κ3) is 7.56. The van der Waals surface area contributed by atoms with Gasteiger partial charge in [0.25, 0.3) is 0 Å². The highest BCUT2D eigenvalue weighted by atomic mass is 16.5. The summed E-state index contributed by atoms with van der Waals surface area (Å²) in [6.07, 6.45) is 3.87. The van der Waals surface area contributed by atoms with Crippen molar-refractivity contribution in [3.8, 4) is 17.2 Å². The second-order valence-electron chi connectivity index (χ2n) is 10.2. The van der Waals surface area contributed by atoms with E-state index in [-0.39, 0.29) is 5.91 Å². The Hall–Kier alpha value is -4.00. The molecule has 0 fully saturated rings. The van der Waals surface area contributed by atoms with Gasteiger partial charge in [-0.05, 0) is 66.6 Å². The molecule has 1 amide bonds. The first-order valence-electron chi connectivity index (χ1n) is 14.1. The number of aromatic nitrogens is 2. The van der Waals surface area contributed by atoms with Crippen LogP contribution in [0.2, 0.25) is 0 Å². The zero-order valence-corrected chi connectivity index (χ0v) is 24.1. The zero-order valence-electron chi connectivity index (χ0n) is 24.1. The number of carbonyl (C=O) groups excluding carboxylic acids is 1. The molecular weight excluding hydrogens is 502 g/mol. The normalized spacial score (nSPS) is 11.1. The van der Waals surface area contributed by atoms with Gasteiger partial charge in [-0.2, -0.15) is 0 Å². The van der Waals surface area contributed by atoms with E-state index in [1.54, 1.807) is 14.2 Å². The minimum atomic E-state index is -0.0141. The average molecular weight is 544 g/mol. The number of imidazole rings is 1. The minimum absolute atomic E-state index is 0.0141. The maximum Gasteiger partial charge on any atom is 0.224 e. The first-order chi connectivity index (χ1) is 19.5. The van der Waals surface area contributed by atoms with E-state index in [0.717, 1.165) is 60.4 Å². The Kier molecular flexibility index (Phi) is 10.4. The topological polar surface area (TPSA) is 74.6 Å². The van der Waals surface area contributed by atoms with E-state index < -0.39 is 0 Å². The van der Waals surface area contributed by atoms with Crippen molar-refractivity contribution in [3.63, 3.8) is 0 Å². The number of nitrogens with one attached hydrogen (secondary N) is 1. The molecule has 0 spiro atoms. The van der Waals surface area contributed by atoms with Gasteiger partial charge < -0.3 is 24.1 Å². The number of benzene rings is 3. The number of ether oxygens (including phenoxy) is 3. The van der Waals surface area contributed by atoms with Crippen LogP contribution in [-0.2, 0) is 24.2 Å². The number of hydrogen-bond acceptors (Lipinski definition) is 5. The summed E-state index contributed by atoms with van der Waals surface area (Å²) in [4.78, 5) is 17.4. The summed E-state index contributed by atoms with van der Waals surface area (Å²) in [5.41, 5.74) is 4.30. The molecule has 0 saturated carbocycles. The fourth-order valence-electron chi connectivity index (χ4n) is 4.92. The smallest absolute Gasteiger partial charge is 0.224 e. The van der Waals surface area contributed by atoms with Gasteiger partial charge in [0.2, 0.25) is 5.91 Å². The van der Waals surface area contributed by atoms with Crippen molar-refractivity contribution >= 4 is 16.9 Å². The van der Waals surface area contributed by atoms with E-state index in [4.69, 9.17) is 19.2 Å². The number of nitrogens with zero attached hydrogens (tertiary/aromatic N) is 2. The predicted molar refractivity (Wildman–Crippen MR) is 160 cm³/mol. The van der Waals surface area contributed by atoms with Gasteiger partial charge in [-0.15, -0.1) is 0 Å². The van der Waals surface area contributed by atoms with Crippen LogP contribution in [0.3, 0.4) is 0 Å². The first-order valence-corrected chi connectivity index (χ1v) is 14.1. The SMILES string of the molecule is COc1ccc(CC(=O)NCCCc2nc3ccccc3n2CCCCOc2ccccc2C(C)C)cc1OC. The number of amides is 1. The molecule has 7 heteroatoms. The standard InChI is InChI=1S/C33H41N3O4/c1-24(2)26-12-5-8-15-29(26)40-21-10-9-20-36-28-14-7-6-13-27(28)35-32(36)16-11-19-34-33(37)23-25-17-18-30(38-3)31(22-25)39-4/h5-8,12-15,17-18,22,24H,9-11,16,19-21,23H2,1-4H3,(H,34,37). The molecular formula is C33H41N3O4. The van der Waals surface area contributed by atoms with Gasteiger partial charge in [0.05, 0.1) is 38.3 Å². The highest BCUT2D eigenvalue weighted by Crippen LogP contribution is 2.28. The van der Waals surface area contributed by atoms with Gasteiger partial charge in [-0.25, -0.2) is 4.98 Å². The molecule has 0 bridgehead atoms. The highest BCUT2D eigenvalue weighted by molar-refractivity contribution is 5.79. The molecule has 0 aliphatic heterocycles. The molecule has 0 atom stereocenters. The summed E-state index contributed by atoms with van der Waals surface area (Å²) in [7, 11) is 3.19. The number of carbonyl (C=O) groups is 1. The van der Waals surface area contributed by atoms with Crippen molar-refractivity contribution in [2.75, 3.05) is 27.4 Å². The van der Waals surface area contributed by atoms with Gasteiger partial charge in [0.1, 0.15) is 11.6 Å². The van der Waals surface area contributed by atoms with Crippen molar-refractivity contribution < 1.29 is 19.0 Å². The molecule has 4 rings (SSSR count). The number of fused-ring (bicyclic) bond motifs is 1. The summed E-state index contributed by atoms with van der Waals surface area (Å²) in [5, 5.41) is 3.04. The Bertz CT molecular complexity index is 1400. The van der Waals surface area contributed by atoms with Gasteiger partial charge in [-0.3, -0.25) is 4.79 Å². The molecule has 0 saturated heterocycles. The van der Waals surface area contributed by atoms with E-state index in [1.807, 2.05) is 30.3 Å². The number of unbranched alkanes of at least 4 members (excludes halogenated alkanes) is 1. The molecule has 1 N–H and O–H groups in total. The predicted octanol–water partition coefficient (Wildman–Crippen LogP) is 6.33. The Labute approximate surface area is 237 Å². The van der Waals surface area contributed by atoms with Crippen LogP contribution in [0.4, 0.5) is 0 Å². The molecule has 0 radical (unpaired) electrons. The van der Waals surface area contributed by atoms with Crippen LogP contribution >= 0.6 is 0 Å². The molecule has 1 heterocycles. The van der Waals surface area contributed by atoms with E-state index in [2.05, 4.69) is 60.1 Å². The lowest BCUT2D eigenvalue weighted by atomic mass is 10.0. The summed E-state index contributed by atoms with van der Waals surface area (Å²) in [6, 6.07) is 22.1. The molecule has 40 heavy (non-hydrogen) atoms. The van der Waals surface area contributed by atoms with Crippen LogP contribution in [0.1, 0.15) is 56.0 Å². The average Bonchev–Trinajstić information content (AvgIpc) is 3.32. The maximum absolute atomic E-state index is 12.5. The van der Waals surface area contributed by atoms with E-state index >= 15 is 0 Å². The molecule has 0 aliphatic carbocycles. The summed E-state index contributed by atoms with van der Waals surface area (Å²) in [6.45, 7) is 6.56. The lowest BCUT2D eigenvalue weighted by Crippen LogP contribution is -2.26. The number of aryl methyl sites for hydroxylation is 2. The van der Waals surface area contributed by atoms with Crippen LogP contribution in [0.25, 0.3) is 11.0 Å². The van der Waals surface area contributed by atoms with E-state index in [9.17, 15) is 4.79 Å². The monoisotopic (exact) mass is 543 g/mol. The van der Waals surface area contributed by atoms with Crippen LogP contribution in [0, 0.1) is 0 Å². The highest BCUT2D eigenvalue weighted by Gasteiger charge is 2.12. The zero-order chi connectivity index (χ0) is 28.3. The summed E-state index contributed by atoms with van der Waals surface area (Å²) >= 11 is 0. The van der Waals surface area contributed by atoms with Gasteiger partial charge in [-0.1, -0.05) is 50.2 Å². The number of para-hydroxylation sites is 3. The van der Waals surface area contributed by atoms with Gasteiger partial charge in [0.15, 0.2) is 11.5 Å². The second kappa shape index (κ2) is 14.4. The van der Waals surface area contributed by atoms with Crippen molar-refractivity contribution in [2.24, 2.45) is 0 Å². The third-order valence-corrected chi connectivity index (χ3v) is 7.02. The fourth-order valence-corrected chi connectivity index (χ4v) is 4.92. The van der Waals surface area contributed by atoms with Crippen molar-refractivity contribution in [2.45, 2.75) is 58.4 Å². The fraction of sp³-hybridized carbons (Fsp3) is 0.394. The minimum Gasteiger partial charge on any atom is -0.493 e. The van der Waals surface area contributed by atoms with Crippen molar-refractivity contribution in [1.29, 1.82) is 0 Å².